The maximum atomic E-state index is 12.8. The number of hydrogen-bond acceptors (Lipinski definition) is 1. The third-order valence-electron chi connectivity index (χ3n) is 2.30. The van der Waals surface area contributed by atoms with Crippen molar-refractivity contribution in [3.05, 3.63) is 35.6 Å². The Kier molecular flexibility index (Phi) is 4.12. The molecule has 1 aromatic rings. The fraction of sp³-hybridized carbons (Fsp3) is 0.364. The van der Waals surface area contributed by atoms with Gasteiger partial charge in [-0.25, -0.2) is 4.39 Å². The Bertz CT molecular complexity index is 453. The molecule has 0 saturated heterocycles. The first-order valence-corrected chi connectivity index (χ1v) is 5.00. The Balaban J connectivity index is 2.81. The first-order chi connectivity index (χ1) is 8.55. The third-order valence-corrected chi connectivity index (χ3v) is 2.30. The van der Waals surface area contributed by atoms with Crippen LogP contribution in [0.1, 0.15) is 5.56 Å². The van der Waals surface area contributed by atoms with Gasteiger partial charge in [0, 0.05) is 13.6 Å². The van der Waals surface area contributed by atoms with Crippen LogP contribution in [0.5, 0.6) is 0 Å². The molecule has 0 atom stereocenters. The fourth-order valence-electron chi connectivity index (χ4n) is 1.30. The van der Waals surface area contributed by atoms with E-state index in [0.29, 0.717) is 0 Å². The van der Waals surface area contributed by atoms with E-state index >= 15 is 0 Å². The molecule has 0 fully saturated rings. The van der Waals surface area contributed by atoms with Crippen LogP contribution in [-0.2, 0) is 11.3 Å². The van der Waals surface area contributed by atoms with Gasteiger partial charge in [0.15, 0.2) is 0 Å². The first kappa shape index (κ1) is 15.3. The van der Waals surface area contributed by atoms with E-state index < -0.39 is 30.4 Å². The number of halogens is 6. The lowest BCUT2D eigenvalue weighted by Gasteiger charge is -2.24. The zero-order chi connectivity index (χ0) is 14.8. The number of rotatable bonds is 3. The molecule has 0 bridgehead atoms. The maximum Gasteiger partial charge on any atom is 0.463 e. The Morgan fingerprint density at radius 3 is 2.00 bits per heavy atom. The van der Waals surface area contributed by atoms with E-state index in [1.54, 1.807) is 0 Å². The number of alkyl halides is 5. The molecule has 0 radical (unpaired) electrons. The van der Waals surface area contributed by atoms with Gasteiger partial charge in [0.05, 0.1) is 0 Å². The van der Waals surface area contributed by atoms with Gasteiger partial charge in [-0.15, -0.1) is 0 Å². The van der Waals surface area contributed by atoms with Crippen LogP contribution in [0, 0.1) is 5.82 Å². The summed E-state index contributed by atoms with van der Waals surface area (Å²) in [5, 5.41) is 0. The molecule has 0 unspecified atom stereocenters. The molecule has 1 rings (SSSR count). The van der Waals surface area contributed by atoms with Crippen molar-refractivity contribution in [2.75, 3.05) is 7.05 Å². The van der Waals surface area contributed by atoms with Crippen molar-refractivity contribution in [2.24, 2.45) is 0 Å². The molecule has 8 heteroatoms. The highest BCUT2D eigenvalue weighted by atomic mass is 19.4. The Hall–Kier alpha value is -1.73. The van der Waals surface area contributed by atoms with Crippen molar-refractivity contribution in [3.8, 4) is 0 Å². The highest BCUT2D eigenvalue weighted by Gasteiger charge is 2.64. The van der Waals surface area contributed by atoms with Crippen molar-refractivity contribution in [1.82, 2.24) is 4.90 Å². The van der Waals surface area contributed by atoms with Crippen molar-refractivity contribution in [1.29, 1.82) is 0 Å². The number of carbonyl (C=O) groups is 1. The van der Waals surface area contributed by atoms with Crippen LogP contribution in [-0.4, -0.2) is 30.0 Å². The molecule has 0 saturated carbocycles. The van der Waals surface area contributed by atoms with Gasteiger partial charge < -0.3 is 4.90 Å². The molecular formula is C11H9F6NO. The molecule has 0 aliphatic carbocycles. The summed E-state index contributed by atoms with van der Waals surface area (Å²) in [4.78, 5) is 11.3. The summed E-state index contributed by atoms with van der Waals surface area (Å²) < 4.78 is 74.1. The average molecular weight is 285 g/mol. The summed E-state index contributed by atoms with van der Waals surface area (Å²) in [7, 11) is 0.811. The second-order valence-corrected chi connectivity index (χ2v) is 3.86. The molecule has 0 N–H and O–H groups in total. The number of amides is 1. The van der Waals surface area contributed by atoms with Gasteiger partial charge in [-0.05, 0) is 17.7 Å². The minimum atomic E-state index is -5.94. The van der Waals surface area contributed by atoms with Gasteiger partial charge in [-0.3, -0.25) is 4.79 Å². The van der Waals surface area contributed by atoms with Crippen LogP contribution >= 0.6 is 0 Å². The van der Waals surface area contributed by atoms with E-state index in [4.69, 9.17) is 0 Å². The molecule has 106 valence electrons. The summed E-state index contributed by atoms with van der Waals surface area (Å²) in [5.41, 5.74) is 0.232. The normalized spacial score (nSPS) is 12.4. The Morgan fingerprint density at radius 1 is 1.11 bits per heavy atom. The molecule has 0 aliphatic rings. The van der Waals surface area contributed by atoms with Gasteiger partial charge >= 0.3 is 18.0 Å². The summed E-state index contributed by atoms with van der Waals surface area (Å²) >= 11 is 0. The van der Waals surface area contributed by atoms with E-state index in [0.717, 1.165) is 19.2 Å². The van der Waals surface area contributed by atoms with Gasteiger partial charge in [-0.1, -0.05) is 12.1 Å². The minimum absolute atomic E-state index is 0.232. The molecule has 2 nitrogen and oxygen atoms in total. The van der Waals surface area contributed by atoms with Crippen LogP contribution in [0.25, 0.3) is 0 Å². The summed E-state index contributed by atoms with van der Waals surface area (Å²) in [5.74, 6) is -8.38. The molecular weight excluding hydrogens is 276 g/mol. The monoisotopic (exact) mass is 285 g/mol. The zero-order valence-electron chi connectivity index (χ0n) is 9.64. The van der Waals surface area contributed by atoms with Crippen LogP contribution in [0.4, 0.5) is 26.3 Å². The molecule has 0 aromatic heterocycles. The number of carbonyl (C=O) groups excluding carboxylic acids is 1. The highest BCUT2D eigenvalue weighted by Crippen LogP contribution is 2.36. The smallest absolute Gasteiger partial charge is 0.336 e. The van der Waals surface area contributed by atoms with Crippen LogP contribution in [0.15, 0.2) is 24.3 Å². The molecule has 0 heterocycles. The lowest BCUT2D eigenvalue weighted by Crippen LogP contribution is -2.50. The van der Waals surface area contributed by atoms with E-state index in [2.05, 4.69) is 0 Å². The van der Waals surface area contributed by atoms with Gasteiger partial charge in [0.2, 0.25) is 0 Å². The first-order valence-electron chi connectivity index (χ1n) is 5.00. The van der Waals surface area contributed by atoms with Crippen LogP contribution in [0.3, 0.4) is 0 Å². The van der Waals surface area contributed by atoms with E-state index in [1.807, 2.05) is 0 Å². The number of benzene rings is 1. The van der Waals surface area contributed by atoms with Crippen molar-refractivity contribution in [3.63, 3.8) is 0 Å². The van der Waals surface area contributed by atoms with Crippen LogP contribution in [0.2, 0.25) is 0 Å². The predicted molar refractivity (Wildman–Crippen MR) is 53.9 cm³/mol. The predicted octanol–water partition coefficient (Wildman–Crippen LogP) is 2.98. The standard InChI is InChI=1S/C11H9F6NO/c1-18(6-7-2-4-8(12)5-3-7)9(19)10(13,14)11(15,16)17/h2-5H,6H2,1H3. The Morgan fingerprint density at radius 2 is 1.58 bits per heavy atom. The SMILES string of the molecule is CN(Cc1ccc(F)cc1)C(=O)C(F)(F)C(F)(F)F. The second-order valence-electron chi connectivity index (χ2n) is 3.86. The molecule has 1 amide bonds. The average Bonchev–Trinajstić information content (AvgIpc) is 2.29. The quantitative estimate of drug-likeness (QED) is 0.782. The van der Waals surface area contributed by atoms with E-state index in [9.17, 15) is 31.1 Å². The maximum absolute atomic E-state index is 12.8. The summed E-state index contributed by atoms with van der Waals surface area (Å²) in [6.45, 7) is -0.481. The summed E-state index contributed by atoms with van der Waals surface area (Å²) in [6.07, 6.45) is -5.94. The van der Waals surface area contributed by atoms with E-state index in [-0.39, 0.29) is 10.5 Å². The second kappa shape index (κ2) is 5.10. The zero-order valence-corrected chi connectivity index (χ0v) is 9.64. The fourth-order valence-corrected chi connectivity index (χ4v) is 1.30. The number of hydrogen-bond donors (Lipinski definition) is 0. The van der Waals surface area contributed by atoms with Gasteiger partial charge in [0.1, 0.15) is 5.82 Å². The van der Waals surface area contributed by atoms with Crippen molar-refractivity contribution in [2.45, 2.75) is 18.6 Å². The Labute approximate surface area is 104 Å². The van der Waals surface area contributed by atoms with Crippen LogP contribution < -0.4 is 0 Å². The molecule has 0 aliphatic heterocycles. The highest BCUT2D eigenvalue weighted by molar-refractivity contribution is 5.84. The largest absolute Gasteiger partial charge is 0.463 e. The minimum Gasteiger partial charge on any atom is -0.336 e. The topological polar surface area (TPSA) is 20.3 Å². The number of nitrogens with zero attached hydrogens (tertiary/aromatic N) is 1. The van der Waals surface area contributed by atoms with Crippen molar-refractivity contribution < 1.29 is 31.1 Å². The lowest BCUT2D eigenvalue weighted by atomic mass is 10.2. The van der Waals surface area contributed by atoms with Gasteiger partial charge in [0.25, 0.3) is 0 Å². The van der Waals surface area contributed by atoms with Crippen molar-refractivity contribution >= 4 is 5.91 Å². The van der Waals surface area contributed by atoms with Gasteiger partial charge in [-0.2, -0.15) is 22.0 Å². The molecule has 0 spiro atoms. The summed E-state index contributed by atoms with van der Waals surface area (Å²) in [6, 6.07) is 4.39. The van der Waals surface area contributed by atoms with E-state index in [1.165, 1.54) is 12.1 Å². The molecule has 19 heavy (non-hydrogen) atoms. The third kappa shape index (κ3) is 3.39. The molecule has 1 aromatic carbocycles. The lowest BCUT2D eigenvalue weighted by molar-refractivity contribution is -0.274.